The number of rotatable bonds is 2. The predicted octanol–water partition coefficient (Wildman–Crippen LogP) is 4.07. The van der Waals surface area contributed by atoms with Crippen LogP contribution in [-0.2, 0) is 0 Å². The third-order valence-electron chi connectivity index (χ3n) is 2.77. The Balaban J connectivity index is 2.02. The molecule has 0 fully saturated rings. The van der Waals surface area contributed by atoms with Crippen LogP contribution in [0.25, 0.3) is 10.2 Å². The number of benzene rings is 2. The van der Waals surface area contributed by atoms with Crippen molar-refractivity contribution in [3.8, 4) is 0 Å². The van der Waals surface area contributed by atoms with Crippen molar-refractivity contribution in [3.63, 3.8) is 0 Å². The monoisotopic (exact) mass is 273 g/mol. The van der Waals surface area contributed by atoms with Crippen LogP contribution in [0.15, 0.2) is 36.4 Å². The van der Waals surface area contributed by atoms with Gasteiger partial charge in [0, 0.05) is 5.69 Å². The number of fused-ring (bicyclic) bond motifs is 1. The minimum atomic E-state index is -0.283. The van der Waals surface area contributed by atoms with Gasteiger partial charge >= 0.3 is 0 Å². The molecule has 0 spiro atoms. The van der Waals surface area contributed by atoms with Crippen molar-refractivity contribution in [2.24, 2.45) is 0 Å². The van der Waals surface area contributed by atoms with E-state index in [0.29, 0.717) is 11.4 Å². The van der Waals surface area contributed by atoms with Gasteiger partial charge in [-0.15, -0.1) is 11.3 Å². The summed E-state index contributed by atoms with van der Waals surface area (Å²) in [6, 6.07) is 10.1. The van der Waals surface area contributed by atoms with E-state index in [2.05, 4.69) is 10.3 Å². The fraction of sp³-hybridized carbons (Fsp3) is 0.0714. The Hall–Kier alpha value is -2.14. The highest BCUT2D eigenvalue weighted by Gasteiger charge is 2.06. The summed E-state index contributed by atoms with van der Waals surface area (Å²) in [4.78, 5) is 4.42. The SMILES string of the molecule is Cc1nc2cc(Nc3cccc(F)c3)c(N)cc2s1. The summed E-state index contributed by atoms with van der Waals surface area (Å²) in [6.45, 7) is 1.96. The fourth-order valence-corrected chi connectivity index (χ4v) is 2.79. The van der Waals surface area contributed by atoms with E-state index < -0.39 is 0 Å². The maximum atomic E-state index is 13.1. The number of hydrogen-bond acceptors (Lipinski definition) is 4. The van der Waals surface area contributed by atoms with Gasteiger partial charge in [0.15, 0.2) is 0 Å². The molecule has 1 heterocycles. The van der Waals surface area contributed by atoms with Gasteiger partial charge < -0.3 is 11.1 Å². The molecule has 5 heteroatoms. The van der Waals surface area contributed by atoms with Crippen LogP contribution in [0.3, 0.4) is 0 Å². The fourth-order valence-electron chi connectivity index (χ4n) is 1.93. The Bertz CT molecular complexity index is 752. The second-order valence-electron chi connectivity index (χ2n) is 4.28. The van der Waals surface area contributed by atoms with Crippen LogP contribution in [0, 0.1) is 12.7 Å². The van der Waals surface area contributed by atoms with E-state index in [1.807, 2.05) is 19.1 Å². The topological polar surface area (TPSA) is 50.9 Å². The van der Waals surface area contributed by atoms with E-state index in [1.165, 1.54) is 12.1 Å². The smallest absolute Gasteiger partial charge is 0.125 e. The minimum absolute atomic E-state index is 0.283. The van der Waals surface area contributed by atoms with Gasteiger partial charge in [-0.3, -0.25) is 0 Å². The number of anilines is 3. The average molecular weight is 273 g/mol. The number of hydrogen-bond donors (Lipinski definition) is 2. The maximum absolute atomic E-state index is 13.1. The molecule has 3 aromatic rings. The maximum Gasteiger partial charge on any atom is 0.125 e. The number of aromatic nitrogens is 1. The molecule has 3 N–H and O–H groups in total. The van der Waals surface area contributed by atoms with Crippen LogP contribution in [0.4, 0.5) is 21.5 Å². The van der Waals surface area contributed by atoms with Crippen LogP contribution < -0.4 is 11.1 Å². The highest BCUT2D eigenvalue weighted by Crippen LogP contribution is 2.31. The molecule has 0 amide bonds. The molecule has 2 aromatic carbocycles. The van der Waals surface area contributed by atoms with Crippen molar-refractivity contribution in [3.05, 3.63) is 47.2 Å². The number of aryl methyl sites for hydroxylation is 1. The molecular weight excluding hydrogens is 261 g/mol. The van der Waals surface area contributed by atoms with Crippen LogP contribution in [0.2, 0.25) is 0 Å². The molecule has 0 bridgehead atoms. The molecular formula is C14H12FN3S. The van der Waals surface area contributed by atoms with E-state index >= 15 is 0 Å². The van der Waals surface area contributed by atoms with Crippen LogP contribution in [-0.4, -0.2) is 4.98 Å². The van der Waals surface area contributed by atoms with E-state index in [1.54, 1.807) is 23.5 Å². The van der Waals surface area contributed by atoms with Gasteiger partial charge in [0.1, 0.15) is 5.82 Å². The van der Waals surface area contributed by atoms with Crippen molar-refractivity contribution in [1.82, 2.24) is 4.98 Å². The summed E-state index contributed by atoms with van der Waals surface area (Å²) in [7, 11) is 0. The second kappa shape index (κ2) is 4.51. The Morgan fingerprint density at radius 2 is 2.11 bits per heavy atom. The lowest BCUT2D eigenvalue weighted by Gasteiger charge is -2.09. The molecule has 3 nitrogen and oxygen atoms in total. The third kappa shape index (κ3) is 2.37. The quantitative estimate of drug-likeness (QED) is 0.692. The van der Waals surface area contributed by atoms with Crippen molar-refractivity contribution >= 4 is 38.6 Å². The Morgan fingerprint density at radius 1 is 1.26 bits per heavy atom. The summed E-state index contributed by atoms with van der Waals surface area (Å²) in [5.74, 6) is -0.283. The van der Waals surface area contributed by atoms with Gasteiger partial charge in [0.05, 0.1) is 26.6 Å². The standard InChI is InChI=1S/C14H12FN3S/c1-8-17-13-7-12(11(16)6-14(13)19-8)18-10-4-2-3-9(15)5-10/h2-7,18H,16H2,1H3. The van der Waals surface area contributed by atoms with Gasteiger partial charge in [-0.2, -0.15) is 0 Å². The molecule has 0 saturated heterocycles. The summed E-state index contributed by atoms with van der Waals surface area (Å²) in [5.41, 5.74) is 8.93. The lowest BCUT2D eigenvalue weighted by Crippen LogP contribution is -1.96. The van der Waals surface area contributed by atoms with E-state index in [0.717, 1.165) is 20.9 Å². The number of nitrogens with zero attached hydrogens (tertiary/aromatic N) is 1. The normalized spacial score (nSPS) is 10.8. The number of nitrogens with two attached hydrogens (primary N) is 1. The number of thiazole rings is 1. The largest absolute Gasteiger partial charge is 0.397 e. The first-order valence-corrected chi connectivity index (χ1v) is 6.63. The molecule has 0 aliphatic rings. The average Bonchev–Trinajstić information content (AvgIpc) is 2.69. The zero-order valence-electron chi connectivity index (χ0n) is 10.3. The number of nitrogen functional groups attached to an aromatic ring is 1. The minimum Gasteiger partial charge on any atom is -0.397 e. The molecule has 19 heavy (non-hydrogen) atoms. The molecule has 0 aliphatic heterocycles. The molecule has 0 aliphatic carbocycles. The molecule has 0 atom stereocenters. The van der Waals surface area contributed by atoms with Gasteiger partial charge in [-0.25, -0.2) is 9.37 Å². The van der Waals surface area contributed by atoms with Crippen LogP contribution in [0.5, 0.6) is 0 Å². The highest BCUT2D eigenvalue weighted by molar-refractivity contribution is 7.18. The first kappa shape index (κ1) is 11.9. The van der Waals surface area contributed by atoms with Crippen molar-refractivity contribution in [1.29, 1.82) is 0 Å². The van der Waals surface area contributed by atoms with Gasteiger partial charge in [-0.1, -0.05) is 6.07 Å². The molecule has 0 unspecified atom stereocenters. The van der Waals surface area contributed by atoms with E-state index in [-0.39, 0.29) is 5.82 Å². The van der Waals surface area contributed by atoms with Crippen LogP contribution in [0.1, 0.15) is 5.01 Å². The second-order valence-corrected chi connectivity index (χ2v) is 5.51. The van der Waals surface area contributed by atoms with E-state index in [9.17, 15) is 4.39 Å². The summed E-state index contributed by atoms with van der Waals surface area (Å²) < 4.78 is 14.2. The Kier molecular flexibility index (Phi) is 2.83. The van der Waals surface area contributed by atoms with Gasteiger partial charge in [0.2, 0.25) is 0 Å². The number of nitrogens with one attached hydrogen (secondary N) is 1. The molecule has 3 rings (SSSR count). The lowest BCUT2D eigenvalue weighted by atomic mass is 10.2. The van der Waals surface area contributed by atoms with Crippen molar-refractivity contribution in [2.75, 3.05) is 11.1 Å². The summed E-state index contributed by atoms with van der Waals surface area (Å²) in [6.07, 6.45) is 0. The zero-order chi connectivity index (χ0) is 13.4. The van der Waals surface area contributed by atoms with Crippen molar-refractivity contribution < 1.29 is 4.39 Å². The zero-order valence-corrected chi connectivity index (χ0v) is 11.1. The van der Waals surface area contributed by atoms with E-state index in [4.69, 9.17) is 5.73 Å². The molecule has 0 radical (unpaired) electrons. The van der Waals surface area contributed by atoms with Gasteiger partial charge in [-0.05, 0) is 37.3 Å². The highest BCUT2D eigenvalue weighted by atomic mass is 32.1. The predicted molar refractivity (Wildman–Crippen MR) is 78.5 cm³/mol. The molecule has 96 valence electrons. The Labute approximate surface area is 113 Å². The first-order valence-electron chi connectivity index (χ1n) is 5.81. The number of halogens is 1. The van der Waals surface area contributed by atoms with Gasteiger partial charge in [0.25, 0.3) is 0 Å². The third-order valence-corrected chi connectivity index (χ3v) is 3.70. The van der Waals surface area contributed by atoms with Crippen LogP contribution >= 0.6 is 11.3 Å². The summed E-state index contributed by atoms with van der Waals surface area (Å²) in [5, 5.41) is 4.11. The molecule has 1 aromatic heterocycles. The lowest BCUT2D eigenvalue weighted by molar-refractivity contribution is 0.628. The first-order chi connectivity index (χ1) is 9.11. The van der Waals surface area contributed by atoms with Crippen molar-refractivity contribution in [2.45, 2.75) is 6.92 Å². The Morgan fingerprint density at radius 3 is 2.89 bits per heavy atom. The summed E-state index contributed by atoms with van der Waals surface area (Å²) >= 11 is 1.60. The molecule has 0 saturated carbocycles.